The summed E-state index contributed by atoms with van der Waals surface area (Å²) in [4.78, 5) is 8.79. The second-order valence-electron chi connectivity index (χ2n) is 5.18. The first-order valence-corrected chi connectivity index (χ1v) is 8.03. The maximum atomic E-state index is 4.53. The predicted octanol–water partition coefficient (Wildman–Crippen LogP) is 4.93. The molecule has 21 heavy (non-hydrogen) atoms. The van der Waals surface area contributed by atoms with Crippen molar-refractivity contribution in [1.82, 2.24) is 9.97 Å². The SMILES string of the molecule is CCCNc1ncc(Br)c(Nc2ccccc2C(C)C)n1. The summed E-state index contributed by atoms with van der Waals surface area (Å²) in [6, 6.07) is 8.30. The third-order valence-electron chi connectivity index (χ3n) is 3.11. The maximum absolute atomic E-state index is 4.53. The Morgan fingerprint density at radius 3 is 2.71 bits per heavy atom. The second kappa shape index (κ2) is 7.41. The molecule has 2 aromatic rings. The largest absolute Gasteiger partial charge is 0.354 e. The van der Waals surface area contributed by atoms with Gasteiger partial charge in [0.2, 0.25) is 5.95 Å². The fraction of sp³-hybridized carbons (Fsp3) is 0.375. The first kappa shape index (κ1) is 15.8. The van der Waals surface area contributed by atoms with Crippen LogP contribution in [0.1, 0.15) is 38.7 Å². The van der Waals surface area contributed by atoms with Crippen molar-refractivity contribution in [1.29, 1.82) is 0 Å². The number of aromatic nitrogens is 2. The van der Waals surface area contributed by atoms with Crippen LogP contribution >= 0.6 is 15.9 Å². The third-order valence-corrected chi connectivity index (χ3v) is 3.69. The summed E-state index contributed by atoms with van der Waals surface area (Å²) in [5.41, 5.74) is 2.35. The molecule has 0 saturated heterocycles. The van der Waals surface area contributed by atoms with Crippen LogP contribution in [0.15, 0.2) is 34.9 Å². The number of halogens is 1. The van der Waals surface area contributed by atoms with Crippen LogP contribution in [0.25, 0.3) is 0 Å². The lowest BCUT2D eigenvalue weighted by Gasteiger charge is -2.15. The zero-order valence-electron chi connectivity index (χ0n) is 12.7. The summed E-state index contributed by atoms with van der Waals surface area (Å²) in [6.07, 6.45) is 2.81. The molecule has 0 bridgehead atoms. The Bertz CT molecular complexity index is 599. The zero-order valence-corrected chi connectivity index (χ0v) is 14.2. The summed E-state index contributed by atoms with van der Waals surface area (Å²) in [7, 11) is 0. The summed E-state index contributed by atoms with van der Waals surface area (Å²) in [6.45, 7) is 7.35. The smallest absolute Gasteiger partial charge is 0.224 e. The molecule has 5 heteroatoms. The molecule has 0 aliphatic rings. The van der Waals surface area contributed by atoms with Crippen LogP contribution in [0.3, 0.4) is 0 Å². The molecule has 0 unspecified atom stereocenters. The average molecular weight is 349 g/mol. The van der Waals surface area contributed by atoms with Gasteiger partial charge in [0.05, 0.1) is 4.47 Å². The Morgan fingerprint density at radius 2 is 2.00 bits per heavy atom. The van der Waals surface area contributed by atoms with Crippen molar-refractivity contribution < 1.29 is 0 Å². The molecule has 1 aromatic carbocycles. The van der Waals surface area contributed by atoms with Gasteiger partial charge in [0.1, 0.15) is 5.82 Å². The number of nitrogens with one attached hydrogen (secondary N) is 2. The molecule has 0 aliphatic heterocycles. The highest BCUT2D eigenvalue weighted by Crippen LogP contribution is 2.29. The maximum Gasteiger partial charge on any atom is 0.224 e. The zero-order chi connectivity index (χ0) is 15.2. The van der Waals surface area contributed by atoms with Gasteiger partial charge >= 0.3 is 0 Å². The van der Waals surface area contributed by atoms with Crippen LogP contribution in [0.2, 0.25) is 0 Å². The highest BCUT2D eigenvalue weighted by Gasteiger charge is 2.09. The van der Waals surface area contributed by atoms with Gasteiger partial charge in [-0.1, -0.05) is 39.0 Å². The van der Waals surface area contributed by atoms with Gasteiger partial charge in [0.15, 0.2) is 0 Å². The van der Waals surface area contributed by atoms with Crippen molar-refractivity contribution in [3.8, 4) is 0 Å². The number of para-hydroxylation sites is 1. The predicted molar refractivity (Wildman–Crippen MR) is 92.3 cm³/mol. The van der Waals surface area contributed by atoms with Gasteiger partial charge in [-0.05, 0) is 39.9 Å². The Balaban J connectivity index is 2.26. The fourth-order valence-electron chi connectivity index (χ4n) is 2.02. The number of nitrogens with zero attached hydrogens (tertiary/aromatic N) is 2. The first-order valence-electron chi connectivity index (χ1n) is 7.24. The number of rotatable bonds is 6. The van der Waals surface area contributed by atoms with Crippen molar-refractivity contribution in [3.63, 3.8) is 0 Å². The van der Waals surface area contributed by atoms with E-state index in [1.165, 1.54) is 5.56 Å². The quantitative estimate of drug-likeness (QED) is 0.777. The van der Waals surface area contributed by atoms with Crippen molar-refractivity contribution in [2.45, 2.75) is 33.1 Å². The van der Waals surface area contributed by atoms with E-state index in [0.29, 0.717) is 11.9 Å². The van der Waals surface area contributed by atoms with E-state index in [4.69, 9.17) is 0 Å². The second-order valence-corrected chi connectivity index (χ2v) is 6.04. The normalized spacial score (nSPS) is 10.7. The Hall–Kier alpha value is -1.62. The summed E-state index contributed by atoms with van der Waals surface area (Å²) in [5.74, 6) is 1.87. The lowest BCUT2D eigenvalue weighted by atomic mass is 10.0. The van der Waals surface area contributed by atoms with Crippen LogP contribution in [0, 0.1) is 0 Å². The molecule has 0 aliphatic carbocycles. The van der Waals surface area contributed by atoms with E-state index in [2.05, 4.69) is 75.5 Å². The minimum absolute atomic E-state index is 0.451. The molecule has 1 heterocycles. The summed E-state index contributed by atoms with van der Waals surface area (Å²) >= 11 is 3.50. The van der Waals surface area contributed by atoms with Crippen LogP contribution in [-0.2, 0) is 0 Å². The molecule has 112 valence electrons. The highest BCUT2D eigenvalue weighted by molar-refractivity contribution is 9.10. The molecule has 0 saturated carbocycles. The molecule has 0 spiro atoms. The topological polar surface area (TPSA) is 49.8 Å². The number of hydrogen-bond acceptors (Lipinski definition) is 4. The van der Waals surface area contributed by atoms with E-state index in [9.17, 15) is 0 Å². The highest BCUT2D eigenvalue weighted by atomic mass is 79.9. The monoisotopic (exact) mass is 348 g/mol. The number of anilines is 3. The third kappa shape index (κ3) is 4.17. The van der Waals surface area contributed by atoms with Gasteiger partial charge in [0, 0.05) is 18.4 Å². The Labute approximate surface area is 134 Å². The Morgan fingerprint density at radius 1 is 1.24 bits per heavy atom. The van der Waals surface area contributed by atoms with E-state index in [1.54, 1.807) is 6.20 Å². The van der Waals surface area contributed by atoms with Gasteiger partial charge in [-0.2, -0.15) is 4.98 Å². The van der Waals surface area contributed by atoms with Gasteiger partial charge in [0.25, 0.3) is 0 Å². The minimum Gasteiger partial charge on any atom is -0.354 e. The number of hydrogen-bond donors (Lipinski definition) is 2. The lowest BCUT2D eigenvalue weighted by Crippen LogP contribution is -2.07. The molecule has 2 N–H and O–H groups in total. The molecule has 0 fully saturated rings. The molecular formula is C16H21BrN4. The van der Waals surface area contributed by atoms with E-state index in [-0.39, 0.29) is 0 Å². The van der Waals surface area contributed by atoms with Gasteiger partial charge in [-0.25, -0.2) is 4.98 Å². The van der Waals surface area contributed by atoms with Crippen molar-refractivity contribution in [2.24, 2.45) is 0 Å². The fourth-order valence-corrected chi connectivity index (χ4v) is 2.31. The van der Waals surface area contributed by atoms with Gasteiger partial charge < -0.3 is 10.6 Å². The van der Waals surface area contributed by atoms with E-state index >= 15 is 0 Å². The van der Waals surface area contributed by atoms with Gasteiger partial charge in [-0.15, -0.1) is 0 Å². The van der Waals surface area contributed by atoms with E-state index < -0.39 is 0 Å². The van der Waals surface area contributed by atoms with Crippen molar-refractivity contribution >= 4 is 33.4 Å². The van der Waals surface area contributed by atoms with E-state index in [0.717, 1.165) is 28.9 Å². The molecule has 2 rings (SSSR count). The van der Waals surface area contributed by atoms with Crippen LogP contribution in [0.4, 0.5) is 17.5 Å². The Kier molecular flexibility index (Phi) is 5.56. The van der Waals surface area contributed by atoms with Crippen LogP contribution < -0.4 is 10.6 Å². The standard InChI is InChI=1S/C16H21BrN4/c1-4-9-18-16-19-10-13(17)15(21-16)20-14-8-6-5-7-12(14)11(2)3/h5-8,10-11H,4,9H2,1-3H3,(H2,18,19,20,21). The molecule has 4 nitrogen and oxygen atoms in total. The van der Waals surface area contributed by atoms with Crippen molar-refractivity contribution in [2.75, 3.05) is 17.2 Å². The average Bonchev–Trinajstić information content (AvgIpc) is 2.48. The lowest BCUT2D eigenvalue weighted by molar-refractivity contribution is 0.868. The van der Waals surface area contributed by atoms with E-state index in [1.807, 2.05) is 6.07 Å². The van der Waals surface area contributed by atoms with Crippen molar-refractivity contribution in [3.05, 3.63) is 40.5 Å². The van der Waals surface area contributed by atoms with Crippen LogP contribution in [-0.4, -0.2) is 16.5 Å². The molecule has 0 amide bonds. The summed E-state index contributed by atoms with van der Waals surface area (Å²) < 4.78 is 0.850. The molecule has 1 aromatic heterocycles. The molecule has 0 atom stereocenters. The minimum atomic E-state index is 0.451. The molecular weight excluding hydrogens is 328 g/mol. The molecule has 0 radical (unpaired) electrons. The first-order chi connectivity index (χ1) is 10.1. The van der Waals surface area contributed by atoms with Gasteiger partial charge in [-0.3, -0.25) is 0 Å². The van der Waals surface area contributed by atoms with Crippen LogP contribution in [0.5, 0.6) is 0 Å². The number of benzene rings is 1. The summed E-state index contributed by atoms with van der Waals surface area (Å²) in [5, 5.41) is 6.60.